The van der Waals surface area contributed by atoms with Gasteiger partial charge in [-0.15, -0.1) is 0 Å². The molecule has 1 aliphatic heterocycles. The highest BCUT2D eigenvalue weighted by atomic mass is 14.8. The van der Waals surface area contributed by atoms with Crippen molar-refractivity contribution in [1.82, 2.24) is 5.32 Å². The number of allylic oxidation sites excluding steroid dienone is 2. The minimum absolute atomic E-state index is 0.458. The molecule has 48 valence electrons. The molecular weight excluding hydrogens is 126 g/mol. The largest absolute Gasteiger partial charge is 0.366 e. The summed E-state index contributed by atoms with van der Waals surface area (Å²) in [6.45, 7) is 0. The van der Waals surface area contributed by atoms with E-state index in [0.717, 1.165) is 0 Å². The third-order valence-electron chi connectivity index (χ3n) is 1.18. The van der Waals surface area contributed by atoms with Gasteiger partial charge in [-0.1, -0.05) is 0 Å². The highest BCUT2D eigenvalue weighted by Gasteiger charge is 2.03. The molecule has 1 aliphatic rings. The second kappa shape index (κ2) is 2.70. The third kappa shape index (κ3) is 1.15. The maximum absolute atomic E-state index is 8.41. The number of hydrogen-bond acceptors (Lipinski definition) is 3. The first-order chi connectivity index (χ1) is 4.86. The van der Waals surface area contributed by atoms with E-state index in [4.69, 9.17) is 10.5 Å². The molecule has 0 unspecified atom stereocenters. The maximum atomic E-state index is 8.41. The summed E-state index contributed by atoms with van der Waals surface area (Å²) < 4.78 is 0. The van der Waals surface area contributed by atoms with Crippen LogP contribution in [0.1, 0.15) is 6.42 Å². The lowest BCUT2D eigenvalue weighted by Crippen LogP contribution is -2.03. The molecule has 0 saturated heterocycles. The number of nitrogens with zero attached hydrogens (tertiary/aromatic N) is 2. The molecule has 1 heterocycles. The lowest BCUT2D eigenvalue weighted by Gasteiger charge is -2.03. The molecule has 1 N–H and O–H groups in total. The number of dihydropyridines is 1. The van der Waals surface area contributed by atoms with E-state index in [9.17, 15) is 0 Å². The van der Waals surface area contributed by atoms with E-state index in [1.54, 1.807) is 12.4 Å². The Morgan fingerprint density at radius 2 is 1.70 bits per heavy atom. The van der Waals surface area contributed by atoms with Crippen LogP contribution in [0.2, 0.25) is 0 Å². The van der Waals surface area contributed by atoms with Crippen molar-refractivity contribution in [1.29, 1.82) is 10.5 Å². The molecule has 0 aromatic carbocycles. The van der Waals surface area contributed by atoms with Crippen LogP contribution < -0.4 is 5.32 Å². The van der Waals surface area contributed by atoms with Crippen LogP contribution in [-0.2, 0) is 0 Å². The zero-order chi connectivity index (χ0) is 7.40. The quantitative estimate of drug-likeness (QED) is 0.528. The predicted octanol–water partition coefficient (Wildman–Crippen LogP) is 0.795. The fourth-order valence-corrected chi connectivity index (χ4v) is 0.694. The van der Waals surface area contributed by atoms with Crippen molar-refractivity contribution in [2.24, 2.45) is 0 Å². The summed E-state index contributed by atoms with van der Waals surface area (Å²) in [5.74, 6) is 0. The van der Waals surface area contributed by atoms with E-state index in [2.05, 4.69) is 5.32 Å². The molecule has 3 heteroatoms. The Balaban J connectivity index is 2.71. The lowest BCUT2D eigenvalue weighted by atomic mass is 10.1. The average Bonchev–Trinajstić information content (AvgIpc) is 2.05. The highest BCUT2D eigenvalue weighted by molar-refractivity contribution is 5.36. The van der Waals surface area contributed by atoms with Gasteiger partial charge in [0.05, 0.1) is 23.3 Å². The number of hydrogen-bond donors (Lipinski definition) is 1. The molecule has 0 saturated carbocycles. The van der Waals surface area contributed by atoms with E-state index >= 15 is 0 Å². The summed E-state index contributed by atoms with van der Waals surface area (Å²) in [5.41, 5.74) is 1.19. The van der Waals surface area contributed by atoms with Gasteiger partial charge in [0.2, 0.25) is 0 Å². The predicted molar refractivity (Wildman–Crippen MR) is 35.1 cm³/mol. The normalized spacial score (nSPS) is 15.4. The van der Waals surface area contributed by atoms with Crippen LogP contribution in [0.3, 0.4) is 0 Å². The molecule has 0 aromatic heterocycles. The fraction of sp³-hybridized carbons (Fsp3) is 0.143. The molecule has 3 nitrogen and oxygen atoms in total. The minimum atomic E-state index is 0.458. The summed E-state index contributed by atoms with van der Waals surface area (Å²) in [4.78, 5) is 0. The molecule has 10 heavy (non-hydrogen) atoms. The second-order valence-electron chi connectivity index (χ2n) is 1.91. The van der Waals surface area contributed by atoms with Crippen LogP contribution in [0.4, 0.5) is 0 Å². The first-order valence-corrected chi connectivity index (χ1v) is 2.81. The van der Waals surface area contributed by atoms with E-state index in [1.807, 2.05) is 12.1 Å². The Labute approximate surface area is 58.9 Å². The van der Waals surface area contributed by atoms with Crippen molar-refractivity contribution in [2.45, 2.75) is 6.42 Å². The molecule has 0 spiro atoms. The van der Waals surface area contributed by atoms with Crippen LogP contribution >= 0.6 is 0 Å². The van der Waals surface area contributed by atoms with Crippen molar-refractivity contribution in [2.75, 3.05) is 0 Å². The Morgan fingerprint density at radius 3 is 2.10 bits per heavy atom. The molecule has 0 radical (unpaired) electrons. The molecular formula is C7H5N3. The van der Waals surface area contributed by atoms with Crippen molar-refractivity contribution < 1.29 is 0 Å². The van der Waals surface area contributed by atoms with Gasteiger partial charge in [-0.3, -0.25) is 0 Å². The standard InChI is InChI=1S/C7H5N3/c8-2-6-1-7(3-9)5-10-4-6/h4-5,10H,1H2. The topological polar surface area (TPSA) is 59.6 Å². The zero-order valence-electron chi connectivity index (χ0n) is 5.26. The molecule has 0 fully saturated rings. The molecule has 1 rings (SSSR count). The van der Waals surface area contributed by atoms with Gasteiger partial charge in [-0.2, -0.15) is 10.5 Å². The van der Waals surface area contributed by atoms with Gasteiger partial charge in [-0.25, -0.2) is 0 Å². The fourth-order valence-electron chi connectivity index (χ4n) is 0.694. The Kier molecular flexibility index (Phi) is 1.72. The van der Waals surface area contributed by atoms with Gasteiger partial charge in [0.1, 0.15) is 0 Å². The average molecular weight is 131 g/mol. The van der Waals surface area contributed by atoms with Crippen molar-refractivity contribution in [3.05, 3.63) is 23.5 Å². The number of nitrogens with one attached hydrogen (secondary N) is 1. The van der Waals surface area contributed by atoms with E-state index in [1.165, 1.54) is 0 Å². The van der Waals surface area contributed by atoms with Crippen LogP contribution in [-0.4, -0.2) is 0 Å². The zero-order valence-corrected chi connectivity index (χ0v) is 5.26. The molecule has 0 aliphatic carbocycles. The maximum Gasteiger partial charge on any atom is 0.0966 e. The van der Waals surface area contributed by atoms with Gasteiger partial charge in [0.15, 0.2) is 0 Å². The van der Waals surface area contributed by atoms with Gasteiger partial charge < -0.3 is 5.32 Å². The van der Waals surface area contributed by atoms with Crippen LogP contribution in [0.5, 0.6) is 0 Å². The Bertz CT molecular complexity index is 244. The summed E-state index contributed by atoms with van der Waals surface area (Å²) in [6.07, 6.45) is 3.65. The first-order valence-electron chi connectivity index (χ1n) is 2.81. The summed E-state index contributed by atoms with van der Waals surface area (Å²) in [6, 6.07) is 3.95. The first kappa shape index (κ1) is 6.38. The highest BCUT2D eigenvalue weighted by Crippen LogP contribution is 2.10. The minimum Gasteiger partial charge on any atom is -0.366 e. The van der Waals surface area contributed by atoms with Crippen molar-refractivity contribution in [3.8, 4) is 12.1 Å². The SMILES string of the molecule is N#CC1=CNC=C(C#N)C1. The van der Waals surface area contributed by atoms with Crippen LogP contribution in [0, 0.1) is 22.7 Å². The number of rotatable bonds is 0. The summed E-state index contributed by atoms with van der Waals surface area (Å²) in [5, 5.41) is 19.5. The Hall–Kier alpha value is -1.74. The van der Waals surface area contributed by atoms with Crippen molar-refractivity contribution >= 4 is 0 Å². The number of nitriles is 2. The van der Waals surface area contributed by atoms with Crippen LogP contribution in [0.15, 0.2) is 23.5 Å². The molecule has 0 amide bonds. The molecule has 0 atom stereocenters. The van der Waals surface area contributed by atoms with Gasteiger partial charge in [0, 0.05) is 18.8 Å². The second-order valence-corrected chi connectivity index (χ2v) is 1.91. The smallest absolute Gasteiger partial charge is 0.0966 e. The molecule has 0 bridgehead atoms. The van der Waals surface area contributed by atoms with E-state index in [0.29, 0.717) is 17.6 Å². The summed E-state index contributed by atoms with van der Waals surface area (Å²) >= 11 is 0. The lowest BCUT2D eigenvalue weighted by molar-refractivity contribution is 1.04. The monoisotopic (exact) mass is 131 g/mol. The van der Waals surface area contributed by atoms with E-state index in [-0.39, 0.29) is 0 Å². The van der Waals surface area contributed by atoms with Gasteiger partial charge >= 0.3 is 0 Å². The molecule has 0 aromatic rings. The van der Waals surface area contributed by atoms with Crippen molar-refractivity contribution in [3.63, 3.8) is 0 Å². The van der Waals surface area contributed by atoms with Gasteiger partial charge in [0.25, 0.3) is 0 Å². The van der Waals surface area contributed by atoms with Crippen LogP contribution in [0.25, 0.3) is 0 Å². The van der Waals surface area contributed by atoms with E-state index < -0.39 is 0 Å². The van der Waals surface area contributed by atoms with Gasteiger partial charge in [-0.05, 0) is 0 Å². The summed E-state index contributed by atoms with van der Waals surface area (Å²) in [7, 11) is 0. The Morgan fingerprint density at radius 1 is 1.20 bits per heavy atom. The third-order valence-corrected chi connectivity index (χ3v) is 1.18.